The topological polar surface area (TPSA) is 78.9 Å². The molecule has 1 unspecified atom stereocenters. The van der Waals surface area contributed by atoms with Crippen LogP contribution >= 0.6 is 0 Å². The smallest absolute Gasteiger partial charge is 0.306 e. The lowest BCUT2D eigenvalue weighted by Gasteiger charge is -2.18. The van der Waals surface area contributed by atoms with Gasteiger partial charge in [0.25, 0.3) is 0 Å². The highest BCUT2D eigenvalue weighted by molar-refractivity contribution is 5.71. The third-order valence-electron chi connectivity index (χ3n) is 15.9. The van der Waals surface area contributed by atoms with Gasteiger partial charge < -0.3 is 14.2 Å². The monoisotopic (exact) mass is 1160 g/mol. The van der Waals surface area contributed by atoms with Gasteiger partial charge in [0.05, 0.1) is 0 Å². The van der Waals surface area contributed by atoms with Crippen molar-refractivity contribution in [2.24, 2.45) is 0 Å². The first-order chi connectivity index (χ1) is 41.0. The molecule has 0 aromatic heterocycles. The Kier molecular flexibility index (Phi) is 68.2. The van der Waals surface area contributed by atoms with Gasteiger partial charge in [-0.2, -0.15) is 0 Å². The molecule has 0 bridgehead atoms. The molecule has 6 heteroatoms. The number of rotatable bonds is 66. The Balaban J connectivity index is 4.27. The summed E-state index contributed by atoms with van der Waals surface area (Å²) in [6.07, 6.45) is 94.8. The Morgan fingerprint density at radius 2 is 0.470 bits per heavy atom. The molecule has 6 nitrogen and oxygen atoms in total. The average molecular weight is 1160 g/mol. The molecular formula is C77H136O6. The van der Waals surface area contributed by atoms with Crippen molar-refractivity contribution in [1.29, 1.82) is 0 Å². The van der Waals surface area contributed by atoms with Gasteiger partial charge in [0.1, 0.15) is 13.2 Å². The molecule has 0 aliphatic heterocycles. The van der Waals surface area contributed by atoms with Gasteiger partial charge in [-0.3, -0.25) is 14.4 Å². The van der Waals surface area contributed by atoms with Gasteiger partial charge in [0, 0.05) is 19.3 Å². The second kappa shape index (κ2) is 71.1. The second-order valence-electron chi connectivity index (χ2n) is 24.1. The van der Waals surface area contributed by atoms with Crippen LogP contribution in [0.4, 0.5) is 0 Å². The maximum atomic E-state index is 13.0. The van der Waals surface area contributed by atoms with E-state index in [-0.39, 0.29) is 31.1 Å². The zero-order valence-corrected chi connectivity index (χ0v) is 55.2. The highest BCUT2D eigenvalue weighted by Gasteiger charge is 2.19. The predicted molar refractivity (Wildman–Crippen MR) is 362 cm³/mol. The van der Waals surface area contributed by atoms with E-state index in [1.54, 1.807) is 0 Å². The van der Waals surface area contributed by atoms with Crippen LogP contribution in [0, 0.1) is 0 Å². The molecule has 1 atom stereocenters. The first-order valence-corrected chi connectivity index (χ1v) is 36.1. The van der Waals surface area contributed by atoms with Crippen LogP contribution in [0.5, 0.6) is 0 Å². The lowest BCUT2D eigenvalue weighted by atomic mass is 10.0. The van der Waals surface area contributed by atoms with Gasteiger partial charge in [-0.15, -0.1) is 0 Å². The molecule has 0 heterocycles. The van der Waals surface area contributed by atoms with E-state index in [0.717, 1.165) is 96.3 Å². The van der Waals surface area contributed by atoms with E-state index in [1.807, 2.05) is 0 Å². The molecule has 0 radical (unpaired) electrons. The van der Waals surface area contributed by atoms with E-state index < -0.39 is 6.10 Å². The highest BCUT2D eigenvalue weighted by Crippen LogP contribution is 2.17. The summed E-state index contributed by atoms with van der Waals surface area (Å²) < 4.78 is 17.0. The second-order valence-corrected chi connectivity index (χ2v) is 24.1. The Morgan fingerprint density at radius 1 is 0.253 bits per heavy atom. The van der Waals surface area contributed by atoms with Crippen LogP contribution in [0.25, 0.3) is 0 Å². The molecule has 480 valence electrons. The molecule has 0 N–H and O–H groups in total. The van der Waals surface area contributed by atoms with E-state index in [9.17, 15) is 14.4 Å². The van der Waals surface area contributed by atoms with Gasteiger partial charge in [0.15, 0.2) is 6.10 Å². The summed E-state index contributed by atoms with van der Waals surface area (Å²) in [5.41, 5.74) is 0. The minimum Gasteiger partial charge on any atom is -0.462 e. The average Bonchev–Trinajstić information content (AvgIpc) is 3.49. The molecule has 0 aliphatic rings. The fraction of sp³-hybridized carbons (Fsp3) is 0.779. The van der Waals surface area contributed by atoms with Crippen LogP contribution in [0.2, 0.25) is 0 Å². The van der Waals surface area contributed by atoms with Gasteiger partial charge in [-0.1, -0.05) is 318 Å². The summed E-state index contributed by atoms with van der Waals surface area (Å²) >= 11 is 0. The van der Waals surface area contributed by atoms with E-state index in [1.165, 1.54) is 231 Å². The van der Waals surface area contributed by atoms with E-state index >= 15 is 0 Å². The summed E-state index contributed by atoms with van der Waals surface area (Å²) in [6, 6.07) is 0. The number of esters is 3. The van der Waals surface area contributed by atoms with Crippen molar-refractivity contribution in [1.82, 2.24) is 0 Å². The van der Waals surface area contributed by atoms with Crippen molar-refractivity contribution in [3.63, 3.8) is 0 Å². The van der Waals surface area contributed by atoms with Gasteiger partial charge >= 0.3 is 17.9 Å². The summed E-state index contributed by atoms with van der Waals surface area (Å²) in [6.45, 7) is 6.54. The number of hydrogen-bond donors (Lipinski definition) is 0. The molecule has 83 heavy (non-hydrogen) atoms. The third-order valence-corrected chi connectivity index (χ3v) is 15.9. The molecule has 0 fully saturated rings. The Labute approximate surface area is 515 Å². The lowest BCUT2D eigenvalue weighted by Crippen LogP contribution is -2.30. The number of ether oxygens (including phenoxy) is 3. The fourth-order valence-electron chi connectivity index (χ4n) is 10.5. The normalized spacial score (nSPS) is 12.6. The van der Waals surface area contributed by atoms with E-state index in [4.69, 9.17) is 14.2 Å². The van der Waals surface area contributed by atoms with Crippen molar-refractivity contribution in [3.8, 4) is 0 Å². The summed E-state index contributed by atoms with van der Waals surface area (Å²) in [5, 5.41) is 0. The number of carbonyl (C=O) groups is 3. The van der Waals surface area contributed by atoms with Crippen LogP contribution in [0.15, 0.2) is 85.1 Å². The fourth-order valence-corrected chi connectivity index (χ4v) is 10.5. The van der Waals surface area contributed by atoms with Crippen LogP contribution in [-0.2, 0) is 28.6 Å². The van der Waals surface area contributed by atoms with E-state index in [0.29, 0.717) is 19.3 Å². The molecule has 0 amide bonds. The molecule has 0 aromatic carbocycles. The van der Waals surface area contributed by atoms with Crippen molar-refractivity contribution in [2.75, 3.05) is 13.2 Å². The van der Waals surface area contributed by atoms with Gasteiger partial charge in [-0.25, -0.2) is 0 Å². The predicted octanol–water partition coefficient (Wildman–Crippen LogP) is 25.0. The lowest BCUT2D eigenvalue weighted by molar-refractivity contribution is -0.167. The third kappa shape index (κ3) is 69.3. The van der Waals surface area contributed by atoms with Crippen LogP contribution < -0.4 is 0 Å². The Bertz CT molecular complexity index is 1570. The van der Waals surface area contributed by atoms with Crippen molar-refractivity contribution < 1.29 is 28.6 Å². The quantitative estimate of drug-likeness (QED) is 0.0261. The van der Waals surface area contributed by atoms with Crippen molar-refractivity contribution in [2.45, 2.75) is 374 Å². The van der Waals surface area contributed by atoms with E-state index in [2.05, 4.69) is 106 Å². The van der Waals surface area contributed by atoms with Crippen molar-refractivity contribution in [3.05, 3.63) is 85.1 Å². The maximum absolute atomic E-state index is 13.0. The standard InChI is InChI=1S/C77H136O6/c1-4-7-10-13-16-19-22-25-27-29-31-33-35-37-38-40-41-43-45-47-49-52-55-58-61-64-67-70-76(79)82-73-74(72-81-75(78)69-66-63-60-57-54-51-24-21-18-15-12-9-6-3)83-77(80)71-68-65-62-59-56-53-50-48-46-44-42-39-36-34-32-30-28-26-23-20-17-14-11-8-5-2/h9,12,18,21-22,25,29-32,35,37,51,54,74H,4-8,10-11,13-17,19-20,23-24,26-28,33-34,36,38-50,52-53,55-73H2,1-3H3/b12-9-,21-18-,25-22-,31-29-,32-30-,37-35-,54-51-. The molecular weight excluding hydrogens is 1020 g/mol. The number of allylic oxidation sites excluding steroid dienone is 14. The SMILES string of the molecule is CC/C=C\C/C=C\C/C=C\CCCCCC(=O)OCC(COC(=O)CCCCCCCCCCCCCC/C=C\C/C=C\C/C=C\CCCCCCC)OC(=O)CCCCCCCCCCCCCCC/C=C\CCCCCCCCCC. The summed E-state index contributed by atoms with van der Waals surface area (Å²) in [5.74, 6) is -0.899. The molecule has 0 aromatic rings. The molecule has 0 saturated heterocycles. The minimum atomic E-state index is -0.791. The van der Waals surface area contributed by atoms with Crippen LogP contribution in [0.3, 0.4) is 0 Å². The number of unbranched alkanes of at least 4 members (excludes halogenated alkanes) is 41. The largest absolute Gasteiger partial charge is 0.462 e. The summed E-state index contributed by atoms with van der Waals surface area (Å²) in [7, 11) is 0. The van der Waals surface area contributed by atoms with Gasteiger partial charge in [0.2, 0.25) is 0 Å². The van der Waals surface area contributed by atoms with Crippen molar-refractivity contribution >= 4 is 17.9 Å². The molecule has 0 rings (SSSR count). The zero-order chi connectivity index (χ0) is 59.9. The zero-order valence-electron chi connectivity index (χ0n) is 55.2. The summed E-state index contributed by atoms with van der Waals surface area (Å²) in [4.78, 5) is 38.4. The first-order valence-electron chi connectivity index (χ1n) is 36.1. The van der Waals surface area contributed by atoms with Gasteiger partial charge in [-0.05, 0) is 116 Å². The molecule has 0 saturated carbocycles. The number of hydrogen-bond acceptors (Lipinski definition) is 6. The Morgan fingerprint density at radius 3 is 0.759 bits per heavy atom. The number of carbonyl (C=O) groups excluding carboxylic acids is 3. The van der Waals surface area contributed by atoms with Crippen LogP contribution in [0.1, 0.15) is 367 Å². The molecule has 0 aliphatic carbocycles. The Hall–Kier alpha value is -3.41. The minimum absolute atomic E-state index is 0.0847. The maximum Gasteiger partial charge on any atom is 0.306 e. The highest BCUT2D eigenvalue weighted by atomic mass is 16.6. The molecule has 0 spiro atoms. The van der Waals surface area contributed by atoms with Crippen LogP contribution in [-0.4, -0.2) is 37.2 Å². The first kappa shape index (κ1) is 79.6.